The Morgan fingerprint density at radius 1 is 0.893 bits per heavy atom. The van der Waals surface area contributed by atoms with Gasteiger partial charge in [-0.1, -0.05) is 11.6 Å². The number of nitriles is 1. The number of likely N-dealkylation sites (tertiary alicyclic amines) is 1. The number of halogens is 1. The number of imide groups is 2. The Labute approximate surface area is 330 Å². The summed E-state index contributed by atoms with van der Waals surface area (Å²) in [5.74, 6) is -0.797. The van der Waals surface area contributed by atoms with Crippen molar-refractivity contribution in [3.05, 3.63) is 70.5 Å². The Bertz CT molecular complexity index is 2120. The van der Waals surface area contributed by atoms with Gasteiger partial charge >= 0.3 is 0 Å². The Balaban J connectivity index is 0.726. The van der Waals surface area contributed by atoms with Crippen molar-refractivity contribution in [3.8, 4) is 11.8 Å². The zero-order chi connectivity index (χ0) is 38.7. The second kappa shape index (κ2) is 14.4. The highest BCUT2D eigenvalue weighted by Crippen LogP contribution is 2.46. The molecule has 290 valence electrons. The largest absolute Gasteiger partial charge is 0.488 e. The molecular weight excluding hydrogens is 734 g/mol. The number of nitrogens with one attached hydrogen (secondary N) is 1. The molecule has 1 unspecified atom stereocenters. The summed E-state index contributed by atoms with van der Waals surface area (Å²) in [4.78, 5) is 70.3. The number of rotatable bonds is 7. The molecule has 2 aromatic carbocycles. The summed E-state index contributed by atoms with van der Waals surface area (Å²) < 4.78 is 6.22. The van der Waals surface area contributed by atoms with E-state index in [0.717, 1.165) is 100 Å². The van der Waals surface area contributed by atoms with Gasteiger partial charge in [0.2, 0.25) is 17.8 Å². The van der Waals surface area contributed by atoms with Crippen molar-refractivity contribution >= 4 is 52.6 Å². The van der Waals surface area contributed by atoms with Crippen molar-refractivity contribution in [1.29, 1.82) is 5.26 Å². The summed E-state index contributed by atoms with van der Waals surface area (Å²) in [5, 5.41) is 12.0. The summed E-state index contributed by atoms with van der Waals surface area (Å²) >= 11 is 6.37. The molecule has 1 N–H and O–H groups in total. The number of ether oxygens (including phenoxy) is 1. The van der Waals surface area contributed by atoms with Gasteiger partial charge in [-0.05, 0) is 87.3 Å². The van der Waals surface area contributed by atoms with E-state index < -0.39 is 29.7 Å². The van der Waals surface area contributed by atoms with Crippen LogP contribution < -0.4 is 24.8 Å². The second-order valence-corrected chi connectivity index (χ2v) is 16.7. The first-order chi connectivity index (χ1) is 27.1. The molecule has 7 heterocycles. The topological polar surface area (TPSA) is 155 Å². The van der Waals surface area contributed by atoms with E-state index in [9.17, 15) is 24.4 Å². The van der Waals surface area contributed by atoms with Crippen LogP contribution in [-0.2, 0) is 9.59 Å². The van der Waals surface area contributed by atoms with Crippen LogP contribution in [0.5, 0.6) is 5.75 Å². The Morgan fingerprint density at radius 3 is 2.32 bits per heavy atom. The lowest BCUT2D eigenvalue weighted by atomic mass is 9.76. The first kappa shape index (κ1) is 36.4. The van der Waals surface area contributed by atoms with Crippen LogP contribution >= 0.6 is 11.6 Å². The van der Waals surface area contributed by atoms with Gasteiger partial charge < -0.3 is 19.4 Å². The zero-order valence-electron chi connectivity index (χ0n) is 31.3. The molecule has 5 saturated heterocycles. The van der Waals surface area contributed by atoms with Crippen molar-refractivity contribution in [2.45, 2.75) is 76.1 Å². The number of nitrogens with zero attached hydrogens (tertiary/aromatic N) is 8. The van der Waals surface area contributed by atoms with Crippen molar-refractivity contribution in [2.24, 2.45) is 5.41 Å². The van der Waals surface area contributed by atoms with E-state index in [1.54, 1.807) is 18.2 Å². The molecule has 6 aliphatic rings. The third kappa shape index (κ3) is 6.60. The number of piperidine rings is 3. The molecule has 3 aromatic rings. The fourth-order valence-electron chi connectivity index (χ4n) is 9.67. The molecule has 4 amide bonds. The van der Waals surface area contributed by atoms with E-state index in [1.807, 2.05) is 30.6 Å². The predicted octanol–water partition coefficient (Wildman–Crippen LogP) is 4.02. The van der Waals surface area contributed by atoms with Crippen molar-refractivity contribution in [1.82, 2.24) is 25.1 Å². The van der Waals surface area contributed by atoms with Gasteiger partial charge in [0.05, 0.1) is 39.8 Å². The fraction of sp³-hybridized carbons (Fsp3) is 0.488. The van der Waals surface area contributed by atoms with Crippen LogP contribution in [0.4, 0.5) is 17.3 Å². The molecule has 0 bridgehead atoms. The molecular formula is C41H44ClN9O5. The molecule has 6 aliphatic heterocycles. The van der Waals surface area contributed by atoms with Gasteiger partial charge in [0.1, 0.15) is 24.0 Å². The van der Waals surface area contributed by atoms with Gasteiger partial charge in [0, 0.05) is 70.0 Å². The summed E-state index contributed by atoms with van der Waals surface area (Å²) in [7, 11) is 0. The van der Waals surface area contributed by atoms with Gasteiger partial charge in [-0.25, -0.2) is 9.97 Å². The number of anilines is 3. The smallest absolute Gasteiger partial charge is 0.262 e. The second-order valence-electron chi connectivity index (χ2n) is 16.3. The highest BCUT2D eigenvalue weighted by Gasteiger charge is 2.46. The lowest BCUT2D eigenvalue weighted by Gasteiger charge is -2.46. The van der Waals surface area contributed by atoms with Gasteiger partial charge in [0.15, 0.2) is 0 Å². The minimum Gasteiger partial charge on any atom is -0.488 e. The summed E-state index contributed by atoms with van der Waals surface area (Å²) in [6.07, 6.45) is 9.48. The Kier molecular flexibility index (Phi) is 9.32. The number of hydrogen-bond acceptors (Lipinski definition) is 12. The summed E-state index contributed by atoms with van der Waals surface area (Å²) in [5.41, 5.74) is 3.39. The van der Waals surface area contributed by atoms with Crippen LogP contribution in [0.25, 0.3) is 0 Å². The van der Waals surface area contributed by atoms with E-state index >= 15 is 0 Å². The predicted molar refractivity (Wildman–Crippen MR) is 208 cm³/mol. The van der Waals surface area contributed by atoms with E-state index in [0.29, 0.717) is 28.4 Å². The van der Waals surface area contributed by atoms with Gasteiger partial charge in [-0.15, -0.1) is 0 Å². The van der Waals surface area contributed by atoms with Crippen molar-refractivity contribution in [2.75, 3.05) is 60.5 Å². The lowest BCUT2D eigenvalue weighted by Crippen LogP contribution is -2.59. The maximum atomic E-state index is 13.2. The van der Waals surface area contributed by atoms with Crippen LogP contribution in [0.1, 0.15) is 78.1 Å². The fourth-order valence-corrected chi connectivity index (χ4v) is 9.89. The van der Waals surface area contributed by atoms with E-state index in [1.165, 1.54) is 0 Å². The number of benzene rings is 2. The Hall–Kier alpha value is -5.26. The SMILES string of the molecule is C[C@H]1CC2(CCN(c3cnc(N4CCC(N5CC(Oc6ccc7c(c6)C(=O)N(C6CCC(=O)NC6=O)C7=O)C5)CC4)nc3)CC2)CN1c1ccc(C#N)c(Cl)c1. The average molecular weight is 778 g/mol. The quantitative estimate of drug-likeness (QED) is 0.345. The van der Waals surface area contributed by atoms with Gasteiger partial charge in [-0.2, -0.15) is 5.26 Å². The minimum absolute atomic E-state index is 0.0253. The lowest BCUT2D eigenvalue weighted by molar-refractivity contribution is -0.136. The number of aromatic nitrogens is 2. The van der Waals surface area contributed by atoms with Crippen LogP contribution in [0.2, 0.25) is 5.02 Å². The first-order valence-corrected chi connectivity index (χ1v) is 20.0. The number of fused-ring (bicyclic) bond motifs is 1. The molecule has 1 aromatic heterocycles. The van der Waals surface area contributed by atoms with Gasteiger partial charge in [0.25, 0.3) is 11.8 Å². The van der Waals surface area contributed by atoms with E-state index in [4.69, 9.17) is 26.3 Å². The van der Waals surface area contributed by atoms with Crippen LogP contribution in [0.3, 0.4) is 0 Å². The first-order valence-electron chi connectivity index (χ1n) is 19.6. The molecule has 0 aliphatic carbocycles. The van der Waals surface area contributed by atoms with Crippen LogP contribution in [-0.4, -0.2) is 113 Å². The number of carbonyl (C=O) groups is 4. The molecule has 15 heteroatoms. The van der Waals surface area contributed by atoms with Crippen molar-refractivity contribution in [3.63, 3.8) is 0 Å². The standard InChI is InChI=1S/C41H44ClN9O5/c1-25-18-41(24-50(25)28-3-2-26(19-43)34(42)16-28)10-14-47(15-11-41)29-20-44-40(45-21-29)48-12-8-27(9-13-48)49-22-31(23-49)56-30-4-5-32-33(17-30)39(55)51(38(32)54)35-6-7-36(52)46-37(35)53/h2-5,16-17,20-21,25,27,31,35H,6-15,18,22-24H2,1H3,(H,46,52,53)/t25-,35?/m0/s1. The molecule has 5 fully saturated rings. The molecule has 56 heavy (non-hydrogen) atoms. The Morgan fingerprint density at radius 2 is 1.62 bits per heavy atom. The highest BCUT2D eigenvalue weighted by molar-refractivity contribution is 6.32. The summed E-state index contributed by atoms with van der Waals surface area (Å²) in [6, 6.07) is 12.7. The van der Waals surface area contributed by atoms with Gasteiger partial charge in [-0.3, -0.25) is 34.3 Å². The normalized spacial score (nSPS) is 24.4. The van der Waals surface area contributed by atoms with Crippen LogP contribution in [0.15, 0.2) is 48.8 Å². The van der Waals surface area contributed by atoms with Crippen molar-refractivity contribution < 1.29 is 23.9 Å². The maximum absolute atomic E-state index is 13.2. The average Bonchev–Trinajstić information content (AvgIpc) is 3.64. The minimum atomic E-state index is -0.992. The molecule has 0 saturated carbocycles. The monoisotopic (exact) mass is 777 g/mol. The molecule has 2 atom stereocenters. The highest BCUT2D eigenvalue weighted by atomic mass is 35.5. The van der Waals surface area contributed by atoms with E-state index in [2.05, 4.69) is 37.9 Å². The number of carbonyl (C=O) groups excluding carboxylic acids is 4. The molecule has 0 radical (unpaired) electrons. The van der Waals surface area contributed by atoms with Crippen LogP contribution in [0, 0.1) is 16.7 Å². The number of amides is 4. The number of hydrogen-bond donors (Lipinski definition) is 1. The molecule has 1 spiro atoms. The molecule has 9 rings (SSSR count). The third-order valence-corrected chi connectivity index (χ3v) is 13.2. The molecule has 14 nitrogen and oxygen atoms in total. The summed E-state index contributed by atoms with van der Waals surface area (Å²) in [6.45, 7) is 8.53. The third-order valence-electron chi connectivity index (χ3n) is 12.8. The zero-order valence-corrected chi connectivity index (χ0v) is 32.1. The maximum Gasteiger partial charge on any atom is 0.262 e. The van der Waals surface area contributed by atoms with E-state index in [-0.39, 0.29) is 35.5 Å².